The second kappa shape index (κ2) is 9.79. The highest BCUT2D eigenvalue weighted by Gasteiger charge is 2.90. The summed E-state index contributed by atoms with van der Waals surface area (Å²) in [5, 5.41) is 31.0. The van der Waals surface area contributed by atoms with E-state index >= 15 is 0 Å². The van der Waals surface area contributed by atoms with Crippen molar-refractivity contribution < 1.29 is 0 Å². The highest BCUT2D eigenvalue weighted by Crippen LogP contribution is 3.01. The molecule has 0 aromatic heterocycles. The average Bonchev–Trinajstić information content (AvgIpc) is 1.38. The fourth-order valence-corrected chi connectivity index (χ4v) is 37.1. The normalized spacial score (nSPS) is 43.1. The summed E-state index contributed by atoms with van der Waals surface area (Å²) in [5.41, 5.74) is 50.7. The minimum absolute atomic E-state index is 0.00528. The van der Waals surface area contributed by atoms with Gasteiger partial charge in [-0.2, -0.15) is 0 Å². The molecule has 34 rings (SSSR count). The summed E-state index contributed by atoms with van der Waals surface area (Å²) in [5.74, 6) is 14.8. The number of unbranched alkanes of at least 4 members (excludes halogenated alkanes) is 2. The molecule has 24 unspecified atom stereocenters. The van der Waals surface area contributed by atoms with E-state index in [9.17, 15) is 0 Å². The molecule has 0 saturated heterocycles. The summed E-state index contributed by atoms with van der Waals surface area (Å²) >= 11 is 2.73. The summed E-state index contributed by atoms with van der Waals surface area (Å²) in [6.45, 7) is 10.0. The van der Waals surface area contributed by atoms with Gasteiger partial charge in [0, 0.05) is 10.3 Å². The number of hydrogen-bond acceptors (Lipinski definition) is 1. The molecule has 0 nitrogen and oxygen atoms in total. The molecule has 1 heterocycles. The van der Waals surface area contributed by atoms with Crippen molar-refractivity contribution in [2.75, 3.05) is 0 Å². The molecule has 24 atom stereocenters. The smallest absolute Gasteiger partial charge is 0.0645 e. The van der Waals surface area contributed by atoms with Crippen LogP contribution in [-0.4, -0.2) is 0 Å². The molecule has 11 aromatic carbocycles. The predicted molar refractivity (Wildman–Crippen MR) is 331 cm³/mol. The zero-order valence-electron chi connectivity index (χ0n) is 47.3. The molecule has 22 aliphatic carbocycles. The fourth-order valence-electron chi connectivity index (χ4n) is 34.9. The number of benzene rings is 10. The first-order valence-electron chi connectivity index (χ1n) is 35.2. The molecular weight excluding hydrogens is 1020 g/mol. The monoisotopic (exact) mass is 1070 g/mol. The third kappa shape index (κ3) is 2.47. The summed E-state index contributed by atoms with van der Waals surface area (Å²) in [6.07, 6.45) is 13.5. The van der Waals surface area contributed by atoms with Crippen LogP contribution in [0.5, 0.6) is 0 Å². The van der Waals surface area contributed by atoms with E-state index < -0.39 is 0 Å². The Morgan fingerprint density at radius 2 is 0.687 bits per heavy atom. The lowest BCUT2D eigenvalue weighted by molar-refractivity contribution is 0.0341. The molecule has 0 amide bonds. The molecule has 390 valence electrons. The fraction of sp³-hybridized carbons (Fsp3) is 0.463. The Hall–Kier alpha value is -5.37. The van der Waals surface area contributed by atoms with Crippen molar-refractivity contribution in [1.82, 2.24) is 0 Å². The molecule has 0 N–H and O–H groups in total. The van der Waals surface area contributed by atoms with Crippen LogP contribution < -0.4 is 0 Å². The zero-order chi connectivity index (χ0) is 51.1. The lowest BCUT2D eigenvalue weighted by Crippen LogP contribution is -2.62. The molecule has 23 aliphatic rings. The van der Waals surface area contributed by atoms with Crippen LogP contribution in [0.1, 0.15) is 314 Å². The Balaban J connectivity index is 0.874. The maximum absolute atomic E-state index is 3.04. The van der Waals surface area contributed by atoms with Gasteiger partial charge in [0.2, 0.25) is 0 Å². The summed E-state index contributed by atoms with van der Waals surface area (Å²) in [7, 11) is 0. The minimum Gasteiger partial charge on any atom is -0.112 e. The van der Waals surface area contributed by atoms with Gasteiger partial charge < -0.3 is 0 Å². The van der Waals surface area contributed by atoms with Crippen LogP contribution in [0.15, 0.2) is 17.0 Å². The van der Waals surface area contributed by atoms with E-state index in [4.69, 9.17) is 0 Å². The SMILES string of the molecule is CCCCC(CC)Cc1ccc2c(c1CC(CC)CCCC)SC13c4c5c6c7c8c9c%10c%11c%12c%13c%14c%15c(c%16c%13c%10c7c4-%16)C21C1C%15C2c4c7c%10c%13c%15c%16c%17c%18c%19c%20c%21c%22c%23c(c4c4c%22c%19c%16c%104)C2C%14C%12C%23C%21C%11C9C%20C%18C8C6C%17C%15C5C3C%13C71. The van der Waals surface area contributed by atoms with Crippen LogP contribution >= 0.6 is 11.8 Å². The van der Waals surface area contributed by atoms with Gasteiger partial charge in [-0.25, -0.2) is 0 Å². The van der Waals surface area contributed by atoms with E-state index in [2.05, 4.69) is 107 Å². The molecule has 0 radical (unpaired) electrons. The van der Waals surface area contributed by atoms with E-state index in [-0.39, 0.29) is 10.2 Å². The van der Waals surface area contributed by atoms with Crippen molar-refractivity contribution in [1.29, 1.82) is 0 Å². The molecular formula is C82H56S. The Morgan fingerprint density at radius 1 is 0.349 bits per heavy atom. The third-order valence-electron chi connectivity index (χ3n) is 34.7. The lowest BCUT2D eigenvalue weighted by atomic mass is 9.39. The molecule has 1 heteroatoms. The van der Waals surface area contributed by atoms with Crippen LogP contribution in [0.25, 0.3) is 97.3 Å². The highest BCUT2D eigenvalue weighted by molar-refractivity contribution is 8.00. The second-order valence-electron chi connectivity index (χ2n) is 34.4. The Bertz CT molecular complexity index is 5800. The van der Waals surface area contributed by atoms with Crippen LogP contribution in [0.3, 0.4) is 0 Å². The highest BCUT2D eigenvalue weighted by atomic mass is 32.2. The predicted octanol–water partition coefficient (Wildman–Crippen LogP) is 20.0. The zero-order valence-corrected chi connectivity index (χ0v) is 48.2. The van der Waals surface area contributed by atoms with E-state index in [1.54, 1.807) is 5.56 Å². The van der Waals surface area contributed by atoms with E-state index in [1.165, 1.54) is 64.2 Å². The van der Waals surface area contributed by atoms with Crippen molar-refractivity contribution in [2.24, 2.45) is 23.7 Å². The summed E-state index contributed by atoms with van der Waals surface area (Å²) < 4.78 is 0.0355. The van der Waals surface area contributed by atoms with E-state index in [0.717, 1.165) is 11.8 Å². The maximum Gasteiger partial charge on any atom is 0.0645 e. The average molecular weight is 1070 g/mol. The van der Waals surface area contributed by atoms with Gasteiger partial charge in [-0.15, -0.1) is 11.8 Å². The molecule has 1 fully saturated rings. The van der Waals surface area contributed by atoms with Crippen molar-refractivity contribution >= 4 is 97.9 Å². The first-order valence-corrected chi connectivity index (χ1v) is 36.1. The molecule has 83 heavy (non-hydrogen) atoms. The Morgan fingerprint density at radius 3 is 1.13 bits per heavy atom. The van der Waals surface area contributed by atoms with Crippen LogP contribution in [0, 0.1) is 23.7 Å². The van der Waals surface area contributed by atoms with E-state index in [1.807, 2.05) is 169 Å². The summed E-state index contributed by atoms with van der Waals surface area (Å²) in [4.78, 5) is 1.91. The van der Waals surface area contributed by atoms with Gasteiger partial charge in [-0.05, 0) is 368 Å². The third-order valence-corrected chi connectivity index (χ3v) is 36.4. The second-order valence-corrected chi connectivity index (χ2v) is 35.7. The van der Waals surface area contributed by atoms with Crippen molar-refractivity contribution in [3.8, 4) is 11.1 Å². The quantitative estimate of drug-likeness (QED) is 0.110. The molecule has 0 bridgehead atoms. The van der Waals surface area contributed by atoms with Crippen molar-refractivity contribution in [3.05, 3.63) is 140 Å². The minimum atomic E-state index is 0.00528. The largest absolute Gasteiger partial charge is 0.112 e. The maximum atomic E-state index is 3.04. The van der Waals surface area contributed by atoms with E-state index in [0.29, 0.717) is 118 Å². The van der Waals surface area contributed by atoms with Crippen LogP contribution in [0.2, 0.25) is 0 Å². The molecule has 2 spiro atoms. The molecule has 1 saturated carbocycles. The van der Waals surface area contributed by atoms with Gasteiger partial charge >= 0.3 is 0 Å². The van der Waals surface area contributed by atoms with Gasteiger partial charge in [-0.1, -0.05) is 91.2 Å². The van der Waals surface area contributed by atoms with Crippen LogP contribution in [0.4, 0.5) is 0 Å². The standard InChI is InChI=1S/C82H56S/c1-5-9-11-17(7-3)15-19-13-14-21-80(20(19)16-18(8-4)12-10-6-2)83-82-78-72-66-56-44-36-28-24-22-23-26-30(28)38(44)48-42-34(26)35-27(23)31-29-25(22)33-32(24)40-46(36)54-60-50(40)51-41(33)47-37(29)45-39(31)49-43(35)53-52(42)64(58(48)66)74(78)75-65(53)59(49)67-57(45)63-55(47)61(51)69-68(60)76(70(72)62(54)56)81(21,82)77(69)71(63)73(67)79(75)82/h13-14,17-18,24,26,28,30,32,34,40,42,50-53,61,65,69,71,73,75,77,79H,5-12,15-16H2,1-4H3. The topological polar surface area (TPSA) is 0 Å². The van der Waals surface area contributed by atoms with Crippen molar-refractivity contribution in [3.63, 3.8) is 0 Å². The van der Waals surface area contributed by atoms with Gasteiger partial charge in [-0.3, -0.25) is 0 Å². The first-order chi connectivity index (χ1) is 41.2. The van der Waals surface area contributed by atoms with Crippen LogP contribution in [-0.2, 0) is 23.0 Å². The van der Waals surface area contributed by atoms with Gasteiger partial charge in [0.05, 0.1) is 4.75 Å². The summed E-state index contributed by atoms with van der Waals surface area (Å²) in [6, 6.07) is 5.97. The van der Waals surface area contributed by atoms with Gasteiger partial charge in [0.1, 0.15) is 0 Å². The Kier molecular flexibility index (Phi) is 4.47. The Labute approximate surface area is 483 Å². The number of fused-ring (bicyclic) bond motifs is 1. The number of thioether (sulfide) groups is 1. The van der Waals surface area contributed by atoms with Gasteiger partial charge in [0.25, 0.3) is 0 Å². The number of rotatable bonds is 12. The van der Waals surface area contributed by atoms with Crippen molar-refractivity contribution in [2.45, 2.75) is 213 Å². The molecule has 11 aromatic rings. The number of hydrogen-bond donors (Lipinski definition) is 0. The first kappa shape index (κ1) is 37.9. The lowest BCUT2D eigenvalue weighted by Gasteiger charge is -2.65. The molecule has 1 aliphatic heterocycles. The van der Waals surface area contributed by atoms with Gasteiger partial charge in [0.15, 0.2) is 0 Å².